The van der Waals surface area contributed by atoms with Gasteiger partial charge in [-0.3, -0.25) is 9.59 Å². The van der Waals surface area contributed by atoms with Gasteiger partial charge in [-0.1, -0.05) is 41.6 Å². The molecule has 6 nitrogen and oxygen atoms in total. The monoisotopic (exact) mass is 526 g/mol. The number of amides is 2. The van der Waals surface area contributed by atoms with Crippen molar-refractivity contribution in [3.8, 4) is 11.5 Å². The number of methoxy groups -OCH3 is 1. The first-order valence-corrected chi connectivity index (χ1v) is 11.0. The number of benzene rings is 2. The zero-order valence-corrected chi connectivity index (χ0v) is 19.9. The Balaban J connectivity index is 1.74. The van der Waals surface area contributed by atoms with E-state index in [2.05, 4.69) is 26.6 Å². The Kier molecular flexibility index (Phi) is 7.41. The van der Waals surface area contributed by atoms with E-state index >= 15 is 0 Å². The van der Waals surface area contributed by atoms with Gasteiger partial charge in [0, 0.05) is 10.7 Å². The molecule has 0 aliphatic carbocycles. The molecule has 1 aliphatic heterocycles. The zero-order valence-electron chi connectivity index (χ0n) is 15.9. The van der Waals surface area contributed by atoms with Gasteiger partial charge in [-0.05, 0) is 64.3 Å². The van der Waals surface area contributed by atoms with Crippen LogP contribution in [-0.2, 0) is 9.59 Å². The quantitative estimate of drug-likeness (QED) is 0.410. The molecule has 0 atom stereocenters. The summed E-state index contributed by atoms with van der Waals surface area (Å²) >= 11 is 15.7. The topological polar surface area (TPSA) is 76.7 Å². The van der Waals surface area contributed by atoms with Gasteiger partial charge < -0.3 is 20.1 Å². The molecule has 0 saturated carbocycles. The summed E-state index contributed by atoms with van der Waals surface area (Å²) in [5.74, 6) is 0.201. The van der Waals surface area contributed by atoms with Gasteiger partial charge in [-0.15, -0.1) is 0 Å². The molecule has 3 rings (SSSR count). The number of thioether (sulfide) groups is 1. The molecule has 1 heterocycles. The van der Waals surface area contributed by atoms with Crippen molar-refractivity contribution in [3.05, 3.63) is 55.9 Å². The van der Waals surface area contributed by atoms with Crippen LogP contribution in [0, 0.1) is 6.92 Å². The van der Waals surface area contributed by atoms with Gasteiger partial charge in [0.15, 0.2) is 18.1 Å². The summed E-state index contributed by atoms with van der Waals surface area (Å²) in [4.78, 5) is 24.7. The molecule has 0 radical (unpaired) electrons. The summed E-state index contributed by atoms with van der Waals surface area (Å²) in [6.07, 6.45) is 1.70. The van der Waals surface area contributed by atoms with Gasteiger partial charge in [0.1, 0.15) is 4.32 Å². The average molecular weight is 528 g/mol. The molecule has 1 saturated heterocycles. The van der Waals surface area contributed by atoms with E-state index in [1.807, 2.05) is 6.92 Å². The fourth-order valence-corrected chi connectivity index (χ4v) is 4.40. The molecule has 1 fully saturated rings. The highest BCUT2D eigenvalue weighted by atomic mass is 79.9. The van der Waals surface area contributed by atoms with Gasteiger partial charge in [-0.2, -0.15) is 0 Å². The summed E-state index contributed by atoms with van der Waals surface area (Å²) in [5.41, 5.74) is 2.11. The molecule has 2 amide bonds. The molecule has 0 bridgehead atoms. The van der Waals surface area contributed by atoms with Crippen molar-refractivity contribution in [2.45, 2.75) is 6.92 Å². The van der Waals surface area contributed by atoms with Crippen molar-refractivity contribution in [2.75, 3.05) is 19.0 Å². The molecule has 156 valence electrons. The van der Waals surface area contributed by atoms with Gasteiger partial charge in [0.25, 0.3) is 11.8 Å². The number of anilines is 1. The summed E-state index contributed by atoms with van der Waals surface area (Å²) in [5, 5.41) is 5.91. The Morgan fingerprint density at radius 3 is 2.83 bits per heavy atom. The third kappa shape index (κ3) is 5.34. The molecule has 2 aromatic carbocycles. The van der Waals surface area contributed by atoms with Crippen LogP contribution in [0.15, 0.2) is 39.7 Å². The molecule has 2 aromatic rings. The number of rotatable bonds is 6. The van der Waals surface area contributed by atoms with Crippen molar-refractivity contribution < 1.29 is 19.1 Å². The van der Waals surface area contributed by atoms with E-state index in [0.717, 1.165) is 5.56 Å². The van der Waals surface area contributed by atoms with Gasteiger partial charge in [-0.25, -0.2) is 0 Å². The number of carbonyl (C=O) groups excluding carboxylic acids is 2. The van der Waals surface area contributed by atoms with Crippen molar-refractivity contribution in [1.29, 1.82) is 0 Å². The number of halogens is 2. The van der Waals surface area contributed by atoms with Crippen LogP contribution < -0.4 is 20.1 Å². The molecule has 0 spiro atoms. The smallest absolute Gasteiger partial charge is 0.263 e. The van der Waals surface area contributed by atoms with E-state index in [9.17, 15) is 9.59 Å². The fraction of sp³-hybridized carbons (Fsp3) is 0.150. The Hall–Kier alpha value is -2.07. The standard InChI is InChI=1S/C20H16BrClN2O4S2/c1-10-13(22)4-3-5-14(10)23-17(25)9-28-18-12(21)6-11(7-15(18)27-2)8-16-19(26)24-20(29)30-16/h3-8H,9H2,1-2H3,(H,23,25)(H,24,26,29)/b16-8-. The first kappa shape index (κ1) is 22.6. The second-order valence-corrected chi connectivity index (χ2v) is 9.12. The van der Waals surface area contributed by atoms with Gasteiger partial charge >= 0.3 is 0 Å². The first-order valence-electron chi connectivity index (χ1n) is 8.58. The van der Waals surface area contributed by atoms with Gasteiger partial charge in [0.05, 0.1) is 16.5 Å². The Labute approximate surface area is 196 Å². The van der Waals surface area contributed by atoms with Crippen molar-refractivity contribution in [3.63, 3.8) is 0 Å². The number of hydrogen-bond donors (Lipinski definition) is 2. The van der Waals surface area contributed by atoms with Crippen LogP contribution in [0.4, 0.5) is 5.69 Å². The minimum absolute atomic E-state index is 0.228. The molecule has 30 heavy (non-hydrogen) atoms. The fourth-order valence-electron chi connectivity index (χ4n) is 2.60. The third-order valence-electron chi connectivity index (χ3n) is 4.08. The van der Waals surface area contributed by atoms with Crippen molar-refractivity contribution in [2.24, 2.45) is 0 Å². The molecular formula is C20H16BrClN2O4S2. The minimum atomic E-state index is -0.340. The van der Waals surface area contributed by atoms with Crippen molar-refractivity contribution >= 4 is 79.4 Å². The van der Waals surface area contributed by atoms with Gasteiger partial charge in [0.2, 0.25) is 0 Å². The highest BCUT2D eigenvalue weighted by Crippen LogP contribution is 2.38. The SMILES string of the molecule is COc1cc(/C=C2\SC(=S)NC2=O)cc(Br)c1OCC(=O)Nc1cccc(Cl)c1C. The molecule has 0 unspecified atom stereocenters. The normalized spacial score (nSPS) is 14.6. The molecule has 2 N–H and O–H groups in total. The molecule has 1 aliphatic rings. The van der Waals surface area contributed by atoms with Crippen LogP contribution in [0.25, 0.3) is 6.08 Å². The van der Waals surface area contributed by atoms with Crippen LogP contribution in [0.2, 0.25) is 5.02 Å². The maximum atomic E-state index is 12.3. The van der Waals surface area contributed by atoms with Crippen molar-refractivity contribution in [1.82, 2.24) is 5.32 Å². The van der Waals surface area contributed by atoms with E-state index in [-0.39, 0.29) is 18.4 Å². The lowest BCUT2D eigenvalue weighted by Gasteiger charge is -2.14. The Bertz CT molecular complexity index is 1080. The Morgan fingerprint density at radius 1 is 1.40 bits per heavy atom. The van der Waals surface area contributed by atoms with Crippen LogP contribution in [0.3, 0.4) is 0 Å². The molecule has 0 aromatic heterocycles. The summed E-state index contributed by atoms with van der Waals surface area (Å²) in [6.45, 7) is 1.59. The number of thiocarbonyl (C=S) groups is 1. The van der Waals surface area contributed by atoms with E-state index in [1.165, 1.54) is 18.9 Å². The summed E-state index contributed by atoms with van der Waals surface area (Å²) in [6, 6.07) is 8.75. The summed E-state index contributed by atoms with van der Waals surface area (Å²) < 4.78 is 12.1. The van der Waals surface area contributed by atoms with E-state index in [1.54, 1.807) is 36.4 Å². The highest BCUT2D eigenvalue weighted by Gasteiger charge is 2.22. The van der Waals surface area contributed by atoms with E-state index < -0.39 is 0 Å². The molecular weight excluding hydrogens is 512 g/mol. The lowest BCUT2D eigenvalue weighted by molar-refractivity contribution is -0.118. The second-order valence-electron chi connectivity index (χ2n) is 6.14. The highest BCUT2D eigenvalue weighted by molar-refractivity contribution is 9.10. The van der Waals surface area contributed by atoms with E-state index in [4.69, 9.17) is 33.3 Å². The second kappa shape index (κ2) is 9.82. The third-order valence-corrected chi connectivity index (χ3v) is 6.24. The summed E-state index contributed by atoms with van der Waals surface area (Å²) in [7, 11) is 1.49. The molecule has 10 heteroatoms. The Morgan fingerprint density at radius 2 is 2.17 bits per heavy atom. The van der Waals surface area contributed by atoms with Crippen LogP contribution in [-0.4, -0.2) is 29.9 Å². The lowest BCUT2D eigenvalue weighted by Crippen LogP contribution is -2.21. The average Bonchev–Trinajstić information content (AvgIpc) is 3.01. The maximum absolute atomic E-state index is 12.3. The van der Waals surface area contributed by atoms with E-state index in [0.29, 0.717) is 41.5 Å². The number of carbonyl (C=O) groups is 2. The predicted octanol–water partition coefficient (Wildman–Crippen LogP) is 4.93. The maximum Gasteiger partial charge on any atom is 0.263 e. The predicted molar refractivity (Wildman–Crippen MR) is 127 cm³/mol. The number of ether oxygens (including phenoxy) is 2. The van der Waals surface area contributed by atoms with Crippen LogP contribution in [0.1, 0.15) is 11.1 Å². The number of nitrogens with one attached hydrogen (secondary N) is 2. The first-order chi connectivity index (χ1) is 14.3. The largest absolute Gasteiger partial charge is 0.493 e. The number of hydrogen-bond acceptors (Lipinski definition) is 6. The minimum Gasteiger partial charge on any atom is -0.493 e. The zero-order chi connectivity index (χ0) is 21.8. The van der Waals surface area contributed by atoms with Crippen LogP contribution >= 0.6 is 51.5 Å². The lowest BCUT2D eigenvalue weighted by atomic mass is 10.2. The van der Waals surface area contributed by atoms with Crippen LogP contribution in [0.5, 0.6) is 11.5 Å².